The third kappa shape index (κ3) is 2.40. The van der Waals surface area contributed by atoms with E-state index in [1.54, 1.807) is 6.07 Å². The highest BCUT2D eigenvalue weighted by Gasteiger charge is 2.22. The largest absolute Gasteiger partial charge is 0.478 e. The molecule has 1 aliphatic rings. The molecule has 0 saturated heterocycles. The Labute approximate surface area is 99.9 Å². The van der Waals surface area contributed by atoms with E-state index in [0.29, 0.717) is 11.7 Å². The van der Waals surface area contributed by atoms with Gasteiger partial charge in [-0.15, -0.1) is 0 Å². The Bertz CT molecular complexity index is 427. The summed E-state index contributed by atoms with van der Waals surface area (Å²) in [6.07, 6.45) is 4.53. The van der Waals surface area contributed by atoms with Crippen LogP contribution in [0.15, 0.2) is 18.2 Å². The van der Waals surface area contributed by atoms with Crippen LogP contribution in [0.4, 0.5) is 10.1 Å². The molecule has 0 aromatic heterocycles. The summed E-state index contributed by atoms with van der Waals surface area (Å²) in [6.45, 7) is 0. The number of hydrogen-bond donors (Lipinski definition) is 1. The Kier molecular flexibility index (Phi) is 3.31. The number of carboxylic acids is 1. The van der Waals surface area contributed by atoms with E-state index >= 15 is 0 Å². The maximum atomic E-state index is 13.8. The number of aromatic carboxylic acids is 1. The van der Waals surface area contributed by atoms with E-state index in [0.717, 1.165) is 18.9 Å². The molecule has 1 saturated carbocycles. The topological polar surface area (TPSA) is 40.5 Å². The summed E-state index contributed by atoms with van der Waals surface area (Å²) in [5.74, 6) is -1.56. The maximum absolute atomic E-state index is 13.8. The van der Waals surface area contributed by atoms with Gasteiger partial charge in [0.05, 0.1) is 11.3 Å². The molecule has 1 fully saturated rings. The van der Waals surface area contributed by atoms with Gasteiger partial charge in [-0.3, -0.25) is 0 Å². The molecule has 1 aromatic rings. The van der Waals surface area contributed by atoms with Crippen molar-refractivity contribution in [1.29, 1.82) is 0 Å². The first-order chi connectivity index (χ1) is 8.09. The van der Waals surface area contributed by atoms with E-state index in [1.807, 2.05) is 11.9 Å². The second-order valence-electron chi connectivity index (χ2n) is 4.52. The van der Waals surface area contributed by atoms with Crippen molar-refractivity contribution in [3.8, 4) is 0 Å². The van der Waals surface area contributed by atoms with Gasteiger partial charge in [-0.05, 0) is 31.0 Å². The first kappa shape index (κ1) is 11.9. The summed E-state index contributed by atoms with van der Waals surface area (Å²) in [5, 5.41) is 8.77. The average Bonchev–Trinajstić information content (AvgIpc) is 2.81. The molecule has 92 valence electrons. The van der Waals surface area contributed by atoms with Crippen LogP contribution in [0, 0.1) is 5.82 Å². The fraction of sp³-hybridized carbons (Fsp3) is 0.462. The molecule has 1 aromatic carbocycles. The molecule has 0 bridgehead atoms. The lowest BCUT2D eigenvalue weighted by Crippen LogP contribution is -2.29. The third-order valence-corrected chi connectivity index (χ3v) is 3.45. The van der Waals surface area contributed by atoms with Crippen LogP contribution in [-0.2, 0) is 0 Å². The van der Waals surface area contributed by atoms with Gasteiger partial charge in [0.15, 0.2) is 0 Å². The van der Waals surface area contributed by atoms with E-state index in [4.69, 9.17) is 5.11 Å². The summed E-state index contributed by atoms with van der Waals surface area (Å²) in [7, 11) is 1.87. The molecule has 17 heavy (non-hydrogen) atoms. The van der Waals surface area contributed by atoms with Crippen LogP contribution in [0.25, 0.3) is 0 Å². The van der Waals surface area contributed by atoms with Crippen LogP contribution >= 0.6 is 0 Å². The monoisotopic (exact) mass is 237 g/mol. The third-order valence-electron chi connectivity index (χ3n) is 3.45. The molecule has 0 atom stereocenters. The van der Waals surface area contributed by atoms with Crippen molar-refractivity contribution < 1.29 is 14.3 Å². The lowest BCUT2D eigenvalue weighted by molar-refractivity contribution is 0.0696. The van der Waals surface area contributed by atoms with Crippen molar-refractivity contribution in [2.24, 2.45) is 0 Å². The number of hydrogen-bond acceptors (Lipinski definition) is 2. The van der Waals surface area contributed by atoms with Crippen molar-refractivity contribution >= 4 is 11.7 Å². The summed E-state index contributed by atoms with van der Waals surface area (Å²) >= 11 is 0. The Balaban J connectivity index is 2.23. The van der Waals surface area contributed by atoms with Gasteiger partial charge >= 0.3 is 5.97 Å². The number of carboxylic acid groups (broad SMARTS) is 1. The number of carbonyl (C=O) groups is 1. The van der Waals surface area contributed by atoms with Gasteiger partial charge in [-0.2, -0.15) is 0 Å². The van der Waals surface area contributed by atoms with Crippen LogP contribution in [0.2, 0.25) is 0 Å². The number of rotatable bonds is 3. The molecule has 0 aliphatic heterocycles. The molecule has 0 spiro atoms. The first-order valence-electron chi connectivity index (χ1n) is 5.85. The van der Waals surface area contributed by atoms with E-state index < -0.39 is 11.8 Å². The molecule has 1 aliphatic carbocycles. The van der Waals surface area contributed by atoms with E-state index in [-0.39, 0.29) is 5.56 Å². The van der Waals surface area contributed by atoms with Gasteiger partial charge in [0, 0.05) is 13.1 Å². The lowest BCUT2D eigenvalue weighted by atomic mass is 10.1. The highest BCUT2D eigenvalue weighted by Crippen LogP contribution is 2.28. The predicted octanol–water partition coefficient (Wildman–Crippen LogP) is 2.90. The van der Waals surface area contributed by atoms with Crippen LogP contribution in [0.5, 0.6) is 0 Å². The van der Waals surface area contributed by atoms with Crippen molar-refractivity contribution in [2.45, 2.75) is 31.7 Å². The van der Waals surface area contributed by atoms with Crippen LogP contribution in [0.1, 0.15) is 36.0 Å². The second kappa shape index (κ2) is 4.73. The molecule has 0 amide bonds. The standard InChI is InChI=1S/C13H16FNO2/c1-15(10-4-2-3-5-10)12-7-6-9(13(16)17)8-11(12)14/h6-8,10H,2-5H2,1H3,(H,16,17). The minimum atomic E-state index is -1.10. The van der Waals surface area contributed by atoms with Gasteiger partial charge in [0.2, 0.25) is 0 Å². The fourth-order valence-corrected chi connectivity index (χ4v) is 2.41. The Hall–Kier alpha value is -1.58. The zero-order valence-electron chi connectivity index (χ0n) is 9.82. The zero-order valence-corrected chi connectivity index (χ0v) is 9.82. The first-order valence-corrected chi connectivity index (χ1v) is 5.85. The van der Waals surface area contributed by atoms with Crippen LogP contribution in [0.3, 0.4) is 0 Å². The molecule has 0 unspecified atom stereocenters. The van der Waals surface area contributed by atoms with Gasteiger partial charge in [0.1, 0.15) is 5.82 Å². The zero-order chi connectivity index (χ0) is 12.4. The maximum Gasteiger partial charge on any atom is 0.335 e. The van der Waals surface area contributed by atoms with Gasteiger partial charge in [-0.25, -0.2) is 9.18 Å². The number of halogens is 1. The van der Waals surface area contributed by atoms with Gasteiger partial charge in [-0.1, -0.05) is 12.8 Å². The average molecular weight is 237 g/mol. The second-order valence-corrected chi connectivity index (χ2v) is 4.52. The molecular formula is C13H16FNO2. The molecule has 3 nitrogen and oxygen atoms in total. The normalized spacial score (nSPS) is 16.1. The molecule has 2 rings (SSSR count). The van der Waals surface area contributed by atoms with Gasteiger partial charge < -0.3 is 10.0 Å². The SMILES string of the molecule is CN(c1ccc(C(=O)O)cc1F)C1CCCC1. The van der Waals surface area contributed by atoms with Crippen molar-refractivity contribution in [3.63, 3.8) is 0 Å². The Morgan fingerprint density at radius 3 is 2.59 bits per heavy atom. The minimum Gasteiger partial charge on any atom is -0.478 e. The van der Waals surface area contributed by atoms with Crippen molar-refractivity contribution in [2.75, 3.05) is 11.9 Å². The Morgan fingerprint density at radius 1 is 1.41 bits per heavy atom. The summed E-state index contributed by atoms with van der Waals surface area (Å²) in [6, 6.07) is 4.46. The predicted molar refractivity (Wildman–Crippen MR) is 64.0 cm³/mol. The molecular weight excluding hydrogens is 221 g/mol. The molecule has 1 N–H and O–H groups in total. The van der Waals surface area contributed by atoms with Crippen LogP contribution in [-0.4, -0.2) is 24.2 Å². The van der Waals surface area contributed by atoms with Crippen molar-refractivity contribution in [3.05, 3.63) is 29.6 Å². The number of anilines is 1. The molecule has 4 heteroatoms. The highest BCUT2D eigenvalue weighted by molar-refractivity contribution is 5.88. The van der Waals surface area contributed by atoms with Crippen LogP contribution < -0.4 is 4.90 Å². The summed E-state index contributed by atoms with van der Waals surface area (Å²) < 4.78 is 13.8. The smallest absolute Gasteiger partial charge is 0.335 e. The number of nitrogens with zero attached hydrogens (tertiary/aromatic N) is 1. The lowest BCUT2D eigenvalue weighted by Gasteiger charge is -2.26. The minimum absolute atomic E-state index is 0.00827. The molecule has 0 heterocycles. The summed E-state index contributed by atoms with van der Waals surface area (Å²) in [4.78, 5) is 12.6. The van der Waals surface area contributed by atoms with E-state index in [2.05, 4.69) is 0 Å². The highest BCUT2D eigenvalue weighted by atomic mass is 19.1. The van der Waals surface area contributed by atoms with Gasteiger partial charge in [0.25, 0.3) is 0 Å². The quantitative estimate of drug-likeness (QED) is 0.878. The van der Waals surface area contributed by atoms with Crippen molar-refractivity contribution in [1.82, 2.24) is 0 Å². The fourth-order valence-electron chi connectivity index (χ4n) is 2.41. The number of benzene rings is 1. The molecule has 0 radical (unpaired) electrons. The Morgan fingerprint density at radius 2 is 2.06 bits per heavy atom. The van der Waals surface area contributed by atoms with E-state index in [9.17, 15) is 9.18 Å². The summed E-state index contributed by atoms with van der Waals surface area (Å²) in [5.41, 5.74) is 0.480. The van der Waals surface area contributed by atoms with E-state index in [1.165, 1.54) is 18.9 Å².